The van der Waals surface area contributed by atoms with Crippen LogP contribution in [-0.2, 0) is 6.54 Å². The first kappa shape index (κ1) is 8.16. The normalized spacial score (nSPS) is 10.5. The fourth-order valence-corrected chi connectivity index (χ4v) is 1.43. The van der Waals surface area contributed by atoms with Crippen LogP contribution in [-0.4, -0.2) is 4.98 Å². The molecule has 3 heteroatoms. The molecule has 1 aromatic heterocycles. The van der Waals surface area contributed by atoms with E-state index in [1.165, 1.54) is 5.56 Å². The fraction of sp³-hybridized carbons (Fsp3) is 0.100. The molecule has 0 aliphatic heterocycles. The van der Waals surface area contributed by atoms with E-state index in [1.807, 2.05) is 24.3 Å². The zero-order valence-corrected chi connectivity index (χ0v) is 7.20. The minimum Gasteiger partial charge on any atom is -0.271 e. The van der Waals surface area contributed by atoms with Crippen LogP contribution in [0.2, 0.25) is 0 Å². The molecular weight excluding hydrogens is 162 g/mol. The first-order chi connectivity index (χ1) is 6.42. The summed E-state index contributed by atoms with van der Waals surface area (Å²) in [5.41, 5.74) is 4.83. The van der Waals surface area contributed by atoms with E-state index in [9.17, 15) is 0 Å². The monoisotopic (exact) mass is 173 g/mol. The van der Waals surface area contributed by atoms with E-state index in [0.29, 0.717) is 6.54 Å². The quantitative estimate of drug-likeness (QED) is 0.530. The largest absolute Gasteiger partial charge is 0.271 e. The third kappa shape index (κ3) is 1.52. The van der Waals surface area contributed by atoms with Gasteiger partial charge in [0.1, 0.15) is 0 Å². The Morgan fingerprint density at radius 2 is 2.15 bits per heavy atom. The Balaban J connectivity index is 2.61. The van der Waals surface area contributed by atoms with Crippen LogP contribution in [0, 0.1) is 0 Å². The van der Waals surface area contributed by atoms with Crippen molar-refractivity contribution in [3.63, 3.8) is 0 Å². The smallest absolute Gasteiger partial charge is 0.0705 e. The molecule has 0 aliphatic carbocycles. The van der Waals surface area contributed by atoms with Gasteiger partial charge in [0.05, 0.1) is 5.52 Å². The van der Waals surface area contributed by atoms with Crippen LogP contribution < -0.4 is 11.3 Å². The Morgan fingerprint density at radius 1 is 1.23 bits per heavy atom. The SMILES string of the molecule is NNCc1cccc2ncccc12. The zero-order chi connectivity index (χ0) is 9.10. The zero-order valence-electron chi connectivity index (χ0n) is 7.20. The Hall–Kier alpha value is -1.45. The van der Waals surface area contributed by atoms with Crippen LogP contribution >= 0.6 is 0 Å². The van der Waals surface area contributed by atoms with Crippen molar-refractivity contribution < 1.29 is 0 Å². The lowest BCUT2D eigenvalue weighted by Gasteiger charge is -2.03. The maximum Gasteiger partial charge on any atom is 0.0705 e. The number of fused-ring (bicyclic) bond motifs is 1. The number of nitrogens with one attached hydrogen (secondary N) is 1. The van der Waals surface area contributed by atoms with Crippen molar-refractivity contribution in [3.8, 4) is 0 Å². The van der Waals surface area contributed by atoms with E-state index in [-0.39, 0.29) is 0 Å². The Labute approximate surface area is 76.6 Å². The molecule has 0 saturated carbocycles. The van der Waals surface area contributed by atoms with Crippen LogP contribution in [0.25, 0.3) is 10.9 Å². The van der Waals surface area contributed by atoms with Crippen molar-refractivity contribution in [2.24, 2.45) is 5.84 Å². The van der Waals surface area contributed by atoms with Gasteiger partial charge in [-0.05, 0) is 17.7 Å². The van der Waals surface area contributed by atoms with Crippen LogP contribution in [0.15, 0.2) is 36.5 Å². The summed E-state index contributed by atoms with van der Waals surface area (Å²) >= 11 is 0. The highest BCUT2D eigenvalue weighted by Gasteiger charge is 1.98. The van der Waals surface area contributed by atoms with Gasteiger partial charge in [-0.3, -0.25) is 16.3 Å². The molecule has 0 unspecified atom stereocenters. The summed E-state index contributed by atoms with van der Waals surface area (Å²) in [4.78, 5) is 4.26. The summed E-state index contributed by atoms with van der Waals surface area (Å²) in [7, 11) is 0. The minimum absolute atomic E-state index is 0.670. The maximum atomic E-state index is 5.28. The summed E-state index contributed by atoms with van der Waals surface area (Å²) in [6.45, 7) is 0.670. The molecule has 0 bridgehead atoms. The van der Waals surface area contributed by atoms with Crippen molar-refractivity contribution in [1.29, 1.82) is 0 Å². The molecule has 0 aliphatic rings. The average Bonchev–Trinajstić information content (AvgIpc) is 2.19. The van der Waals surface area contributed by atoms with Crippen molar-refractivity contribution >= 4 is 10.9 Å². The molecule has 13 heavy (non-hydrogen) atoms. The number of hydrogen-bond donors (Lipinski definition) is 2. The van der Waals surface area contributed by atoms with Crippen molar-refractivity contribution in [2.75, 3.05) is 0 Å². The molecule has 2 aromatic rings. The van der Waals surface area contributed by atoms with E-state index in [0.717, 1.165) is 10.9 Å². The molecule has 0 amide bonds. The second-order valence-electron chi connectivity index (χ2n) is 2.87. The van der Waals surface area contributed by atoms with Gasteiger partial charge < -0.3 is 0 Å². The van der Waals surface area contributed by atoms with Gasteiger partial charge in [-0.25, -0.2) is 0 Å². The maximum absolute atomic E-state index is 5.28. The van der Waals surface area contributed by atoms with Crippen LogP contribution in [0.1, 0.15) is 5.56 Å². The van der Waals surface area contributed by atoms with Gasteiger partial charge in [-0.15, -0.1) is 0 Å². The molecule has 1 aromatic carbocycles. The van der Waals surface area contributed by atoms with Gasteiger partial charge >= 0.3 is 0 Å². The molecule has 0 atom stereocenters. The van der Waals surface area contributed by atoms with Gasteiger partial charge in [-0.1, -0.05) is 18.2 Å². The molecular formula is C10H11N3. The highest BCUT2D eigenvalue weighted by Crippen LogP contribution is 2.15. The first-order valence-corrected chi connectivity index (χ1v) is 4.18. The highest BCUT2D eigenvalue weighted by atomic mass is 15.2. The van der Waals surface area contributed by atoms with E-state index in [4.69, 9.17) is 5.84 Å². The Kier molecular flexibility index (Phi) is 2.21. The number of benzene rings is 1. The second kappa shape index (κ2) is 3.51. The lowest BCUT2D eigenvalue weighted by Crippen LogP contribution is -2.20. The summed E-state index contributed by atoms with van der Waals surface area (Å²) in [6, 6.07) is 10.0. The molecule has 3 N–H and O–H groups in total. The van der Waals surface area contributed by atoms with Gasteiger partial charge in [0.2, 0.25) is 0 Å². The van der Waals surface area contributed by atoms with Gasteiger partial charge in [-0.2, -0.15) is 0 Å². The van der Waals surface area contributed by atoms with Crippen LogP contribution in [0.3, 0.4) is 0 Å². The predicted octanol–water partition coefficient (Wildman–Crippen LogP) is 1.20. The minimum atomic E-state index is 0.670. The summed E-state index contributed by atoms with van der Waals surface area (Å²) in [5.74, 6) is 5.28. The lowest BCUT2D eigenvalue weighted by atomic mass is 10.1. The Morgan fingerprint density at radius 3 is 3.00 bits per heavy atom. The fourth-order valence-electron chi connectivity index (χ4n) is 1.43. The number of rotatable bonds is 2. The summed E-state index contributed by atoms with van der Waals surface area (Å²) in [6.07, 6.45) is 1.79. The molecule has 1 heterocycles. The molecule has 3 nitrogen and oxygen atoms in total. The first-order valence-electron chi connectivity index (χ1n) is 4.18. The molecule has 0 radical (unpaired) electrons. The molecule has 2 rings (SSSR count). The van der Waals surface area contributed by atoms with E-state index in [1.54, 1.807) is 6.20 Å². The van der Waals surface area contributed by atoms with E-state index in [2.05, 4.69) is 16.5 Å². The number of nitrogens with zero attached hydrogens (tertiary/aromatic N) is 1. The van der Waals surface area contributed by atoms with Crippen molar-refractivity contribution in [1.82, 2.24) is 10.4 Å². The topological polar surface area (TPSA) is 50.9 Å². The lowest BCUT2D eigenvalue weighted by molar-refractivity contribution is 0.745. The van der Waals surface area contributed by atoms with Crippen molar-refractivity contribution in [2.45, 2.75) is 6.54 Å². The third-order valence-electron chi connectivity index (χ3n) is 2.03. The third-order valence-corrected chi connectivity index (χ3v) is 2.03. The number of hydrogen-bond acceptors (Lipinski definition) is 3. The van der Waals surface area contributed by atoms with Gasteiger partial charge in [0, 0.05) is 18.1 Å². The molecule has 0 fully saturated rings. The van der Waals surface area contributed by atoms with E-state index >= 15 is 0 Å². The van der Waals surface area contributed by atoms with Crippen molar-refractivity contribution in [3.05, 3.63) is 42.1 Å². The molecule has 0 spiro atoms. The highest BCUT2D eigenvalue weighted by molar-refractivity contribution is 5.81. The van der Waals surface area contributed by atoms with Gasteiger partial charge in [0.15, 0.2) is 0 Å². The summed E-state index contributed by atoms with van der Waals surface area (Å²) < 4.78 is 0. The van der Waals surface area contributed by atoms with Crippen LogP contribution in [0.5, 0.6) is 0 Å². The molecule has 0 saturated heterocycles. The predicted molar refractivity (Wildman–Crippen MR) is 52.8 cm³/mol. The number of pyridine rings is 1. The van der Waals surface area contributed by atoms with Gasteiger partial charge in [0.25, 0.3) is 0 Å². The summed E-state index contributed by atoms with van der Waals surface area (Å²) in [5, 5.41) is 1.16. The second-order valence-corrected chi connectivity index (χ2v) is 2.87. The molecule has 66 valence electrons. The number of aromatic nitrogens is 1. The average molecular weight is 173 g/mol. The van der Waals surface area contributed by atoms with E-state index < -0.39 is 0 Å². The number of hydrazine groups is 1. The standard InChI is InChI=1S/C10H11N3/c11-13-7-8-3-1-5-10-9(8)4-2-6-12-10/h1-6,13H,7,11H2. The Bertz CT molecular complexity index is 406. The number of nitrogens with two attached hydrogens (primary N) is 1. The van der Waals surface area contributed by atoms with Crippen LogP contribution in [0.4, 0.5) is 0 Å².